The number of rotatable bonds is 4. The van der Waals surface area contributed by atoms with Crippen LogP contribution in [0, 0.1) is 5.82 Å². The number of ether oxygens (including phenoxy) is 2. The maximum atomic E-state index is 14.3. The Labute approximate surface area is 121 Å². The van der Waals surface area contributed by atoms with Gasteiger partial charge in [0, 0.05) is 17.8 Å². The second kappa shape index (κ2) is 5.24. The fraction of sp³-hybridized carbons (Fsp3) is 0.312. The first kappa shape index (κ1) is 13.7. The molecule has 0 amide bonds. The minimum atomic E-state index is -0.395. The third-order valence-corrected chi connectivity index (χ3v) is 3.76. The first-order chi connectivity index (χ1) is 10.2. The van der Waals surface area contributed by atoms with Crippen molar-refractivity contribution in [1.82, 2.24) is 4.98 Å². The number of carbonyl (C=O) groups is 1. The van der Waals surface area contributed by atoms with Crippen LogP contribution < -0.4 is 4.74 Å². The molecule has 0 radical (unpaired) electrons. The number of methoxy groups -OCH3 is 2. The number of aromatic nitrogens is 1. The van der Waals surface area contributed by atoms with E-state index in [1.165, 1.54) is 20.3 Å². The van der Waals surface area contributed by atoms with Gasteiger partial charge in [-0.25, -0.2) is 9.18 Å². The average Bonchev–Trinajstić information content (AvgIpc) is 3.25. The Bertz CT molecular complexity index is 689. The lowest BCUT2D eigenvalue weighted by Crippen LogP contribution is -2.03. The van der Waals surface area contributed by atoms with Crippen molar-refractivity contribution in [3.8, 4) is 17.0 Å². The summed E-state index contributed by atoms with van der Waals surface area (Å²) in [5.41, 5.74) is 2.43. The zero-order valence-electron chi connectivity index (χ0n) is 11.9. The normalized spacial score (nSPS) is 14.0. The zero-order valence-corrected chi connectivity index (χ0v) is 11.9. The smallest absolute Gasteiger partial charge is 0.339 e. The first-order valence-corrected chi connectivity index (χ1v) is 6.79. The number of hydrogen-bond acceptors (Lipinski definition) is 3. The fourth-order valence-electron chi connectivity index (χ4n) is 2.56. The third-order valence-electron chi connectivity index (χ3n) is 3.76. The number of H-pyrrole nitrogens is 1. The molecule has 4 nitrogen and oxygen atoms in total. The molecule has 1 heterocycles. The highest BCUT2D eigenvalue weighted by atomic mass is 19.1. The molecule has 0 aliphatic heterocycles. The lowest BCUT2D eigenvalue weighted by Gasteiger charge is -2.08. The van der Waals surface area contributed by atoms with E-state index in [1.807, 2.05) is 0 Å². The predicted octanol–water partition coefficient (Wildman–Crippen LogP) is 3.49. The molecule has 1 N–H and O–H groups in total. The van der Waals surface area contributed by atoms with E-state index in [4.69, 9.17) is 9.47 Å². The third kappa shape index (κ3) is 2.39. The van der Waals surface area contributed by atoms with Crippen molar-refractivity contribution in [3.63, 3.8) is 0 Å². The molecule has 1 aromatic heterocycles. The molecule has 2 aromatic rings. The van der Waals surface area contributed by atoms with Crippen LogP contribution in [0.5, 0.6) is 5.75 Å². The maximum Gasteiger partial charge on any atom is 0.339 e. The molecule has 0 saturated heterocycles. The summed E-state index contributed by atoms with van der Waals surface area (Å²) in [6, 6.07) is 4.70. The minimum absolute atomic E-state index is 0.293. The Morgan fingerprint density at radius 1 is 1.33 bits per heavy atom. The molecule has 0 unspecified atom stereocenters. The van der Waals surface area contributed by atoms with Crippen molar-refractivity contribution in [2.45, 2.75) is 18.8 Å². The molecule has 1 fully saturated rings. The minimum Gasteiger partial charge on any atom is -0.497 e. The molecule has 1 saturated carbocycles. The van der Waals surface area contributed by atoms with E-state index in [2.05, 4.69) is 4.98 Å². The summed E-state index contributed by atoms with van der Waals surface area (Å²) < 4.78 is 24.1. The van der Waals surface area contributed by atoms with Crippen LogP contribution in [0.25, 0.3) is 11.3 Å². The topological polar surface area (TPSA) is 51.3 Å². The molecule has 1 aliphatic rings. The van der Waals surface area contributed by atoms with Crippen LogP contribution in [-0.4, -0.2) is 25.2 Å². The Hall–Kier alpha value is -2.30. The van der Waals surface area contributed by atoms with Gasteiger partial charge >= 0.3 is 5.97 Å². The summed E-state index contributed by atoms with van der Waals surface area (Å²) in [6.45, 7) is 0. The van der Waals surface area contributed by atoms with Crippen LogP contribution >= 0.6 is 0 Å². The zero-order chi connectivity index (χ0) is 15.0. The molecular formula is C16H16FNO3. The van der Waals surface area contributed by atoms with E-state index in [0.717, 1.165) is 18.4 Å². The number of nitrogens with one attached hydrogen (secondary N) is 1. The van der Waals surface area contributed by atoms with Gasteiger partial charge < -0.3 is 14.5 Å². The molecule has 110 valence electrons. The van der Waals surface area contributed by atoms with Crippen molar-refractivity contribution in [1.29, 1.82) is 0 Å². The second-order valence-corrected chi connectivity index (χ2v) is 5.10. The monoisotopic (exact) mass is 289 g/mol. The Morgan fingerprint density at radius 3 is 2.67 bits per heavy atom. The Kier molecular flexibility index (Phi) is 3.41. The van der Waals surface area contributed by atoms with Crippen LogP contribution in [0.1, 0.15) is 34.7 Å². The van der Waals surface area contributed by atoms with Gasteiger partial charge in [-0.15, -0.1) is 0 Å². The summed E-state index contributed by atoms with van der Waals surface area (Å²) >= 11 is 0. The van der Waals surface area contributed by atoms with E-state index >= 15 is 0 Å². The number of benzene rings is 1. The lowest BCUT2D eigenvalue weighted by atomic mass is 10.0. The van der Waals surface area contributed by atoms with Crippen LogP contribution in [-0.2, 0) is 4.74 Å². The first-order valence-electron chi connectivity index (χ1n) is 6.79. The highest BCUT2D eigenvalue weighted by Crippen LogP contribution is 2.46. The van der Waals surface area contributed by atoms with Gasteiger partial charge in [-0.3, -0.25) is 0 Å². The van der Waals surface area contributed by atoms with Crippen molar-refractivity contribution < 1.29 is 18.7 Å². The van der Waals surface area contributed by atoms with Crippen LogP contribution in [0.15, 0.2) is 24.4 Å². The van der Waals surface area contributed by atoms with Crippen molar-refractivity contribution in [2.75, 3.05) is 14.2 Å². The van der Waals surface area contributed by atoms with E-state index in [-0.39, 0.29) is 5.82 Å². The predicted molar refractivity (Wildman–Crippen MR) is 76.1 cm³/mol. The molecular weight excluding hydrogens is 273 g/mol. The van der Waals surface area contributed by atoms with E-state index < -0.39 is 5.97 Å². The number of esters is 1. The molecule has 0 atom stereocenters. The molecule has 21 heavy (non-hydrogen) atoms. The quantitative estimate of drug-likeness (QED) is 0.876. The van der Waals surface area contributed by atoms with Gasteiger partial charge in [0.25, 0.3) is 0 Å². The van der Waals surface area contributed by atoms with Gasteiger partial charge in [-0.2, -0.15) is 0 Å². The van der Waals surface area contributed by atoms with Gasteiger partial charge in [0.1, 0.15) is 11.6 Å². The molecule has 1 aliphatic carbocycles. The number of carbonyl (C=O) groups excluding carboxylic acids is 1. The SMILES string of the molecule is COC(=O)c1c[nH]c(-c2ccc(OC)cc2F)c1C1CC1. The van der Waals surface area contributed by atoms with E-state index in [1.54, 1.807) is 18.3 Å². The summed E-state index contributed by atoms with van der Waals surface area (Å²) in [5, 5.41) is 0. The standard InChI is InChI=1S/C16H16FNO3/c1-20-10-5-6-11(13(17)7-10)15-14(9-3-4-9)12(8-18-15)16(19)21-2/h5-9,18H,3-4H2,1-2H3. The summed E-state index contributed by atoms with van der Waals surface area (Å²) in [5.74, 6) is -0.0198. The van der Waals surface area contributed by atoms with Gasteiger partial charge in [-0.05, 0) is 36.5 Å². The largest absolute Gasteiger partial charge is 0.497 e. The van der Waals surface area contributed by atoms with Crippen LogP contribution in [0.4, 0.5) is 4.39 Å². The molecule has 5 heteroatoms. The maximum absolute atomic E-state index is 14.3. The average molecular weight is 289 g/mol. The summed E-state index contributed by atoms with van der Waals surface area (Å²) in [7, 11) is 2.84. The Balaban J connectivity index is 2.10. The number of aromatic amines is 1. The molecule has 0 bridgehead atoms. The number of hydrogen-bond donors (Lipinski definition) is 1. The van der Waals surface area contributed by atoms with Gasteiger partial charge in [0.15, 0.2) is 0 Å². The summed E-state index contributed by atoms with van der Waals surface area (Å²) in [6.07, 6.45) is 3.61. The highest BCUT2D eigenvalue weighted by molar-refractivity contribution is 5.94. The fourth-order valence-corrected chi connectivity index (χ4v) is 2.56. The van der Waals surface area contributed by atoms with Gasteiger partial charge in [-0.1, -0.05) is 0 Å². The second-order valence-electron chi connectivity index (χ2n) is 5.10. The van der Waals surface area contributed by atoms with Crippen molar-refractivity contribution in [3.05, 3.63) is 41.3 Å². The van der Waals surface area contributed by atoms with Crippen LogP contribution in [0.2, 0.25) is 0 Å². The van der Waals surface area contributed by atoms with Crippen molar-refractivity contribution >= 4 is 5.97 Å². The highest BCUT2D eigenvalue weighted by Gasteiger charge is 2.33. The van der Waals surface area contributed by atoms with E-state index in [9.17, 15) is 9.18 Å². The van der Waals surface area contributed by atoms with Crippen LogP contribution in [0.3, 0.4) is 0 Å². The molecule has 1 aromatic carbocycles. The lowest BCUT2D eigenvalue weighted by molar-refractivity contribution is 0.0599. The summed E-state index contributed by atoms with van der Waals surface area (Å²) in [4.78, 5) is 14.9. The molecule has 3 rings (SSSR count). The number of halogens is 1. The Morgan fingerprint density at radius 2 is 2.10 bits per heavy atom. The molecule has 0 spiro atoms. The van der Waals surface area contributed by atoms with Gasteiger partial charge in [0.05, 0.1) is 25.5 Å². The van der Waals surface area contributed by atoms with Gasteiger partial charge in [0.2, 0.25) is 0 Å². The van der Waals surface area contributed by atoms with Crippen molar-refractivity contribution in [2.24, 2.45) is 0 Å². The van der Waals surface area contributed by atoms with E-state index in [0.29, 0.717) is 28.5 Å².